The molecule has 1 rings (SSSR count). The number of methoxy groups -OCH3 is 1. The van der Waals surface area contributed by atoms with Crippen LogP contribution in [-0.4, -0.2) is 13.0 Å². The Morgan fingerprint density at radius 2 is 1.52 bits per heavy atom. The molecule has 1 aromatic carbocycles. The van der Waals surface area contributed by atoms with Gasteiger partial charge in [0.1, 0.15) is 5.75 Å². The predicted octanol–water partition coefficient (Wildman–Crippen LogP) is 6.94. The summed E-state index contributed by atoms with van der Waals surface area (Å²) in [5.41, 5.74) is 1.07. The zero-order valence-electron chi connectivity index (χ0n) is 17.1. The summed E-state index contributed by atoms with van der Waals surface area (Å²) in [5.74, 6) is 0.818. The Kier molecular flexibility index (Phi) is 14.2. The molecule has 0 saturated heterocycles. The number of ether oxygens (including phenoxy) is 1. The van der Waals surface area contributed by atoms with E-state index < -0.39 is 0 Å². The van der Waals surface area contributed by atoms with Crippen molar-refractivity contribution in [1.82, 2.24) is 5.32 Å². The van der Waals surface area contributed by atoms with Crippen molar-refractivity contribution in [1.29, 1.82) is 0 Å². The summed E-state index contributed by atoms with van der Waals surface area (Å²) in [5, 5.41) is 2.95. The number of rotatable bonds is 15. The van der Waals surface area contributed by atoms with Gasteiger partial charge in [0.25, 0.3) is 0 Å². The van der Waals surface area contributed by atoms with Crippen LogP contribution in [0.15, 0.2) is 33.9 Å². The van der Waals surface area contributed by atoms with Crippen molar-refractivity contribution >= 4 is 28.5 Å². The minimum atomic E-state index is -0.0118. The van der Waals surface area contributed by atoms with Crippen LogP contribution in [0.5, 0.6) is 5.75 Å². The zero-order chi connectivity index (χ0) is 19.7. The fourth-order valence-electron chi connectivity index (χ4n) is 2.98. The molecule has 0 aliphatic carbocycles. The van der Waals surface area contributed by atoms with Gasteiger partial charge in [0.15, 0.2) is 0 Å². The molecule has 1 aromatic rings. The van der Waals surface area contributed by atoms with Crippen LogP contribution in [0.1, 0.15) is 83.1 Å². The highest BCUT2D eigenvalue weighted by Gasteiger charge is 2.01. The number of allylic oxidation sites excluding steroid dienone is 1. The molecule has 0 aliphatic rings. The lowest BCUT2D eigenvalue weighted by Gasteiger charge is -2.05. The largest absolute Gasteiger partial charge is 0.497 e. The van der Waals surface area contributed by atoms with Crippen LogP contribution in [-0.2, 0) is 11.3 Å². The number of benzene rings is 1. The van der Waals surface area contributed by atoms with Crippen LogP contribution in [0.4, 0.5) is 0 Å². The Morgan fingerprint density at radius 1 is 0.963 bits per heavy atom. The number of nitrogens with one attached hydrogen (secondary N) is 1. The summed E-state index contributed by atoms with van der Waals surface area (Å²) in [6, 6.07) is 7.76. The highest BCUT2D eigenvalue weighted by atomic mass is 127. The van der Waals surface area contributed by atoms with Gasteiger partial charge in [-0.05, 0) is 56.7 Å². The normalized spacial score (nSPS) is 11.4. The number of unbranched alkanes of at least 4 members (excludes halogenated alkanes) is 9. The predicted molar refractivity (Wildman–Crippen MR) is 123 cm³/mol. The smallest absolute Gasteiger partial charge is 0.244 e. The minimum absolute atomic E-state index is 0.0118. The lowest BCUT2D eigenvalue weighted by atomic mass is 10.1. The summed E-state index contributed by atoms with van der Waals surface area (Å²) >= 11 is 2.29. The average molecular weight is 485 g/mol. The van der Waals surface area contributed by atoms with Gasteiger partial charge in [-0.25, -0.2) is 0 Å². The standard InChI is InChI=1S/C23H36INO2/c1-3-4-5-6-7-8-9-10-11-12-13-21(24)18-23(26)25-19-20-14-16-22(27-2)17-15-20/h14-18H,3-13,19H2,1-2H3,(H,25,26)/b21-18-. The van der Waals surface area contributed by atoms with Crippen LogP contribution in [0.3, 0.4) is 0 Å². The summed E-state index contributed by atoms with van der Waals surface area (Å²) in [6.45, 7) is 2.81. The molecule has 0 saturated carbocycles. The molecule has 0 heterocycles. The van der Waals surface area contributed by atoms with Gasteiger partial charge < -0.3 is 10.1 Å². The molecule has 3 nitrogen and oxygen atoms in total. The van der Waals surface area contributed by atoms with E-state index in [2.05, 4.69) is 34.8 Å². The SMILES string of the molecule is CCCCCCCCCCCC/C(I)=C/C(=O)NCc1ccc(OC)cc1. The van der Waals surface area contributed by atoms with Crippen molar-refractivity contribution in [3.05, 3.63) is 39.5 Å². The second-order valence-electron chi connectivity index (χ2n) is 7.09. The molecular weight excluding hydrogens is 449 g/mol. The first-order valence-electron chi connectivity index (χ1n) is 10.4. The van der Waals surface area contributed by atoms with Crippen molar-refractivity contribution in [2.24, 2.45) is 0 Å². The van der Waals surface area contributed by atoms with Gasteiger partial charge in [-0.2, -0.15) is 0 Å². The average Bonchev–Trinajstić information content (AvgIpc) is 2.68. The fraction of sp³-hybridized carbons (Fsp3) is 0.609. The molecule has 0 aliphatic heterocycles. The van der Waals surface area contributed by atoms with E-state index in [0.29, 0.717) is 6.54 Å². The van der Waals surface area contributed by atoms with E-state index in [1.165, 1.54) is 64.2 Å². The molecular formula is C23H36INO2. The lowest BCUT2D eigenvalue weighted by Crippen LogP contribution is -2.20. The number of hydrogen-bond donors (Lipinski definition) is 1. The van der Waals surface area contributed by atoms with Crippen LogP contribution in [0.25, 0.3) is 0 Å². The van der Waals surface area contributed by atoms with Gasteiger partial charge in [-0.1, -0.05) is 76.8 Å². The molecule has 0 fully saturated rings. The summed E-state index contributed by atoms with van der Waals surface area (Å²) < 4.78 is 6.28. The van der Waals surface area contributed by atoms with E-state index in [1.807, 2.05) is 24.3 Å². The van der Waals surface area contributed by atoms with Crippen molar-refractivity contribution in [3.63, 3.8) is 0 Å². The first kappa shape index (κ1) is 24.0. The second kappa shape index (κ2) is 16.0. The van der Waals surface area contributed by atoms with Crippen LogP contribution in [0.2, 0.25) is 0 Å². The third-order valence-corrected chi connectivity index (χ3v) is 5.53. The molecule has 152 valence electrons. The number of carbonyl (C=O) groups excluding carboxylic acids is 1. The molecule has 1 N–H and O–H groups in total. The number of carbonyl (C=O) groups is 1. The van der Waals surface area contributed by atoms with Gasteiger partial charge in [-0.15, -0.1) is 0 Å². The van der Waals surface area contributed by atoms with Gasteiger partial charge in [-0.3, -0.25) is 4.79 Å². The first-order chi connectivity index (χ1) is 13.2. The highest BCUT2D eigenvalue weighted by molar-refractivity contribution is 14.1. The van der Waals surface area contributed by atoms with Crippen molar-refractivity contribution in [2.45, 2.75) is 84.1 Å². The van der Waals surface area contributed by atoms with Crippen LogP contribution >= 0.6 is 22.6 Å². The fourth-order valence-corrected chi connectivity index (χ4v) is 3.64. The highest BCUT2D eigenvalue weighted by Crippen LogP contribution is 2.17. The van der Waals surface area contributed by atoms with E-state index in [0.717, 1.165) is 21.3 Å². The maximum Gasteiger partial charge on any atom is 0.244 e. The Bertz CT molecular complexity index is 540. The second-order valence-corrected chi connectivity index (χ2v) is 8.47. The molecule has 0 atom stereocenters. The van der Waals surface area contributed by atoms with Gasteiger partial charge in [0.05, 0.1) is 7.11 Å². The van der Waals surface area contributed by atoms with Crippen molar-refractivity contribution < 1.29 is 9.53 Å². The molecule has 0 aromatic heterocycles. The van der Waals surface area contributed by atoms with Gasteiger partial charge in [0, 0.05) is 12.6 Å². The number of amides is 1. The van der Waals surface area contributed by atoms with Gasteiger partial charge >= 0.3 is 0 Å². The maximum atomic E-state index is 12.0. The van der Waals surface area contributed by atoms with Crippen molar-refractivity contribution in [3.8, 4) is 5.75 Å². The van der Waals surface area contributed by atoms with Crippen molar-refractivity contribution in [2.75, 3.05) is 7.11 Å². The lowest BCUT2D eigenvalue weighted by molar-refractivity contribution is -0.116. The van der Waals surface area contributed by atoms with Gasteiger partial charge in [0.2, 0.25) is 5.91 Å². The molecule has 4 heteroatoms. The molecule has 0 spiro atoms. The molecule has 0 bridgehead atoms. The van der Waals surface area contributed by atoms with E-state index in [1.54, 1.807) is 13.2 Å². The Morgan fingerprint density at radius 3 is 2.07 bits per heavy atom. The summed E-state index contributed by atoms with van der Waals surface area (Å²) in [6.07, 6.45) is 16.2. The summed E-state index contributed by atoms with van der Waals surface area (Å²) in [4.78, 5) is 12.0. The topological polar surface area (TPSA) is 38.3 Å². The van der Waals surface area contributed by atoms with E-state index in [-0.39, 0.29) is 5.91 Å². The number of halogens is 1. The van der Waals surface area contributed by atoms with Crippen LogP contribution in [0, 0.1) is 0 Å². The number of hydrogen-bond acceptors (Lipinski definition) is 2. The Balaban J connectivity index is 2.07. The zero-order valence-corrected chi connectivity index (χ0v) is 19.2. The summed E-state index contributed by atoms with van der Waals surface area (Å²) in [7, 11) is 1.65. The molecule has 1 amide bonds. The Labute approximate surface area is 179 Å². The third kappa shape index (κ3) is 12.9. The Hall–Kier alpha value is -1.04. The third-order valence-electron chi connectivity index (χ3n) is 4.68. The first-order valence-corrected chi connectivity index (χ1v) is 11.5. The quantitative estimate of drug-likeness (QED) is 0.166. The van der Waals surface area contributed by atoms with E-state index in [4.69, 9.17) is 4.74 Å². The monoisotopic (exact) mass is 485 g/mol. The maximum absolute atomic E-state index is 12.0. The van der Waals surface area contributed by atoms with Crippen LogP contribution < -0.4 is 10.1 Å². The van der Waals surface area contributed by atoms with E-state index >= 15 is 0 Å². The van der Waals surface area contributed by atoms with E-state index in [9.17, 15) is 4.79 Å². The molecule has 0 unspecified atom stereocenters. The molecule has 27 heavy (non-hydrogen) atoms. The molecule has 0 radical (unpaired) electrons. The minimum Gasteiger partial charge on any atom is -0.497 e.